The van der Waals surface area contributed by atoms with Gasteiger partial charge in [0.1, 0.15) is 0 Å². The molecule has 0 spiro atoms. The van der Waals surface area contributed by atoms with Gasteiger partial charge in [-0.3, -0.25) is 4.90 Å². The molecule has 0 radical (unpaired) electrons. The van der Waals surface area contributed by atoms with E-state index in [1.807, 2.05) is 0 Å². The molecule has 0 N–H and O–H groups in total. The molecule has 2 aliphatic carbocycles. The molecule has 2 nitrogen and oxygen atoms in total. The third-order valence-electron chi connectivity index (χ3n) is 7.03. The van der Waals surface area contributed by atoms with E-state index in [9.17, 15) is 0 Å². The zero-order valence-electron chi connectivity index (χ0n) is 16.5. The molecule has 142 valence electrons. The highest BCUT2D eigenvalue weighted by atomic mass is 35.5. The molecule has 2 heterocycles. The van der Waals surface area contributed by atoms with Gasteiger partial charge in [0.2, 0.25) is 0 Å². The monoisotopic (exact) mass is 380 g/mol. The molecule has 0 saturated heterocycles. The van der Waals surface area contributed by atoms with E-state index in [1.54, 1.807) is 11.3 Å². The number of hydrogen-bond donors (Lipinski definition) is 0. The molecule has 1 aromatic carbocycles. The van der Waals surface area contributed by atoms with Crippen LogP contribution in [0.3, 0.4) is 0 Å². The van der Waals surface area contributed by atoms with Crippen molar-refractivity contribution in [3.8, 4) is 0 Å². The first-order valence-electron chi connectivity index (χ1n) is 10.5. The Hall–Kier alpha value is -1.51. The summed E-state index contributed by atoms with van der Waals surface area (Å²) in [6, 6.07) is 7.82. The minimum Gasteiger partial charge on any atom is -0.343 e. The van der Waals surface area contributed by atoms with Gasteiger partial charge in [0, 0.05) is 46.7 Å². The summed E-state index contributed by atoms with van der Waals surface area (Å²) in [6.45, 7) is 4.40. The Labute approximate surface area is 167 Å². The van der Waals surface area contributed by atoms with Crippen LogP contribution in [-0.2, 0) is 13.1 Å². The molecule has 2 aromatic rings. The van der Waals surface area contributed by atoms with E-state index in [4.69, 9.17) is 11.6 Å². The Morgan fingerprint density at radius 3 is 2.85 bits per heavy atom. The van der Waals surface area contributed by atoms with Crippen molar-refractivity contribution in [2.24, 2.45) is 0 Å². The van der Waals surface area contributed by atoms with Crippen LogP contribution in [0.25, 0.3) is 10.9 Å². The van der Waals surface area contributed by atoms with Gasteiger partial charge in [0.05, 0.1) is 0 Å². The highest BCUT2D eigenvalue weighted by molar-refractivity contribution is 6.29. The first-order chi connectivity index (χ1) is 13.1. The molecule has 0 bridgehead atoms. The minimum absolute atomic E-state index is 0.722. The number of halogens is 1. The fourth-order valence-electron chi connectivity index (χ4n) is 5.66. The van der Waals surface area contributed by atoms with Crippen LogP contribution in [0, 0.1) is 6.92 Å². The summed E-state index contributed by atoms with van der Waals surface area (Å²) in [5.74, 6) is 0.722. The maximum Gasteiger partial charge on any atom is 0.0486 e. The van der Waals surface area contributed by atoms with Crippen LogP contribution in [-0.4, -0.2) is 22.6 Å². The van der Waals surface area contributed by atoms with Crippen molar-refractivity contribution in [1.82, 2.24) is 9.47 Å². The topological polar surface area (TPSA) is 8.17 Å². The van der Waals surface area contributed by atoms with Gasteiger partial charge in [0.15, 0.2) is 0 Å². The maximum atomic E-state index is 6.14. The van der Waals surface area contributed by atoms with Crippen molar-refractivity contribution in [2.75, 3.05) is 7.05 Å². The zero-order chi connectivity index (χ0) is 18.5. The maximum absolute atomic E-state index is 6.14. The fourth-order valence-corrected chi connectivity index (χ4v) is 5.82. The first-order valence-corrected chi connectivity index (χ1v) is 10.9. The molecule has 27 heavy (non-hydrogen) atoms. The first kappa shape index (κ1) is 17.6. The molecule has 0 amide bonds. The molecule has 3 heteroatoms. The summed E-state index contributed by atoms with van der Waals surface area (Å²) >= 11 is 6.14. The fraction of sp³-hybridized carbons (Fsp3) is 0.500. The standard InChI is InChI=1S/C24H29ClN2/c1-16-6-11-22-20(14-16)24-19-4-3-5-21(19)26(2)15-23(24)27(22)13-12-17-7-9-18(25)10-8-17/h6-7,9,11,14,19,21H,3-5,8,10,12-13,15H2,1-2H3. The molecule has 1 saturated carbocycles. The number of hydrogen-bond acceptors (Lipinski definition) is 1. The number of allylic oxidation sites excluding steroid dienone is 4. The highest BCUT2D eigenvalue weighted by Crippen LogP contribution is 2.47. The SMILES string of the molecule is Cc1ccc2c(c1)c1c(n2CCC2=CC=C(Cl)CC2)CN(C)C2CCCC12. The number of aromatic nitrogens is 1. The summed E-state index contributed by atoms with van der Waals surface area (Å²) in [4.78, 5) is 2.62. The van der Waals surface area contributed by atoms with Gasteiger partial charge in [-0.2, -0.15) is 0 Å². The number of likely N-dealkylation sites (N-methyl/N-ethyl adjacent to an activating group) is 1. The Balaban J connectivity index is 1.57. The smallest absolute Gasteiger partial charge is 0.0486 e. The second-order valence-corrected chi connectivity index (χ2v) is 9.23. The van der Waals surface area contributed by atoms with E-state index < -0.39 is 0 Å². The summed E-state index contributed by atoms with van der Waals surface area (Å²) in [5, 5.41) is 2.52. The van der Waals surface area contributed by atoms with Gasteiger partial charge < -0.3 is 4.57 Å². The van der Waals surface area contributed by atoms with Crippen molar-refractivity contribution < 1.29 is 0 Å². The summed E-state index contributed by atoms with van der Waals surface area (Å²) in [5.41, 5.74) is 7.60. The molecule has 3 aliphatic rings. The second-order valence-electron chi connectivity index (χ2n) is 8.74. The largest absolute Gasteiger partial charge is 0.343 e. The molecule has 1 fully saturated rings. The van der Waals surface area contributed by atoms with Gasteiger partial charge >= 0.3 is 0 Å². The lowest BCUT2D eigenvalue weighted by atomic mass is 9.87. The highest BCUT2D eigenvalue weighted by Gasteiger charge is 2.39. The van der Waals surface area contributed by atoms with E-state index in [2.05, 4.69) is 53.8 Å². The van der Waals surface area contributed by atoms with E-state index in [0.717, 1.165) is 49.3 Å². The number of benzene rings is 1. The number of fused-ring (bicyclic) bond motifs is 5. The Kier molecular flexibility index (Phi) is 4.44. The van der Waals surface area contributed by atoms with Crippen molar-refractivity contribution >= 4 is 22.5 Å². The van der Waals surface area contributed by atoms with Crippen molar-refractivity contribution in [2.45, 2.75) is 70.5 Å². The van der Waals surface area contributed by atoms with E-state index in [-0.39, 0.29) is 0 Å². The quantitative estimate of drug-likeness (QED) is 0.609. The van der Waals surface area contributed by atoms with Crippen molar-refractivity contribution in [3.05, 3.63) is 57.8 Å². The van der Waals surface area contributed by atoms with E-state index in [1.165, 1.54) is 41.3 Å². The number of nitrogens with zero attached hydrogens (tertiary/aromatic N) is 2. The average molecular weight is 381 g/mol. The van der Waals surface area contributed by atoms with Crippen molar-refractivity contribution in [1.29, 1.82) is 0 Å². The summed E-state index contributed by atoms with van der Waals surface area (Å²) in [6.07, 6.45) is 11.7. The van der Waals surface area contributed by atoms with Crippen LogP contribution in [0.15, 0.2) is 41.0 Å². The molecule has 2 unspecified atom stereocenters. The zero-order valence-corrected chi connectivity index (χ0v) is 17.2. The number of rotatable bonds is 3. The van der Waals surface area contributed by atoms with Crippen LogP contribution in [0.1, 0.15) is 61.3 Å². The summed E-state index contributed by atoms with van der Waals surface area (Å²) in [7, 11) is 2.33. The molecular weight excluding hydrogens is 352 g/mol. The van der Waals surface area contributed by atoms with Gasteiger partial charge in [-0.05, 0) is 69.8 Å². The van der Waals surface area contributed by atoms with Crippen LogP contribution < -0.4 is 0 Å². The lowest BCUT2D eigenvalue weighted by Gasteiger charge is -2.36. The molecular formula is C24H29ClN2. The second kappa shape index (κ2) is 6.83. The average Bonchev–Trinajstić information content (AvgIpc) is 3.24. The lowest BCUT2D eigenvalue weighted by molar-refractivity contribution is 0.196. The Morgan fingerprint density at radius 1 is 1.15 bits per heavy atom. The molecule has 1 aliphatic heterocycles. The minimum atomic E-state index is 0.722. The third kappa shape index (κ3) is 2.98. The van der Waals surface area contributed by atoms with Crippen molar-refractivity contribution in [3.63, 3.8) is 0 Å². The van der Waals surface area contributed by atoms with Crippen LogP contribution in [0.5, 0.6) is 0 Å². The Bertz CT molecular complexity index is 949. The molecule has 1 aromatic heterocycles. The lowest BCUT2D eigenvalue weighted by Crippen LogP contribution is -2.38. The Morgan fingerprint density at radius 2 is 2.04 bits per heavy atom. The van der Waals surface area contributed by atoms with Gasteiger partial charge in [-0.25, -0.2) is 0 Å². The predicted octanol–water partition coefficient (Wildman–Crippen LogP) is 6.26. The van der Waals surface area contributed by atoms with E-state index in [0.29, 0.717) is 0 Å². The van der Waals surface area contributed by atoms with Crippen LogP contribution in [0.2, 0.25) is 0 Å². The van der Waals surface area contributed by atoms with Crippen LogP contribution >= 0.6 is 11.6 Å². The van der Waals surface area contributed by atoms with Gasteiger partial charge in [-0.15, -0.1) is 0 Å². The van der Waals surface area contributed by atoms with Gasteiger partial charge in [0.25, 0.3) is 0 Å². The molecule has 5 rings (SSSR count). The normalized spacial score (nSPS) is 25.3. The third-order valence-corrected chi connectivity index (χ3v) is 7.34. The molecule has 2 atom stereocenters. The predicted molar refractivity (Wildman–Crippen MR) is 114 cm³/mol. The van der Waals surface area contributed by atoms with Crippen LogP contribution in [0.4, 0.5) is 0 Å². The van der Waals surface area contributed by atoms with Gasteiger partial charge in [-0.1, -0.05) is 41.3 Å². The number of aryl methyl sites for hydroxylation is 2. The summed E-state index contributed by atoms with van der Waals surface area (Å²) < 4.78 is 2.63. The van der Waals surface area contributed by atoms with E-state index >= 15 is 0 Å².